The van der Waals surface area contributed by atoms with Crippen LogP contribution in [0.5, 0.6) is 0 Å². The molecule has 2 N–H and O–H groups in total. The summed E-state index contributed by atoms with van der Waals surface area (Å²) >= 11 is 11.8. The number of hydrogen-bond acceptors (Lipinski definition) is 4. The van der Waals surface area contributed by atoms with E-state index in [-0.39, 0.29) is 33.6 Å². The average Bonchev–Trinajstić information content (AvgIpc) is 2.77. The summed E-state index contributed by atoms with van der Waals surface area (Å²) < 4.78 is 13.7. The van der Waals surface area contributed by atoms with E-state index in [1.807, 2.05) is 32.3 Å². The third kappa shape index (κ3) is 4.92. The maximum absolute atomic E-state index is 13.7. The summed E-state index contributed by atoms with van der Waals surface area (Å²) in [5, 5.41) is 7.69. The first-order valence-corrected chi connectivity index (χ1v) is 11.4. The van der Waals surface area contributed by atoms with E-state index in [2.05, 4.69) is 27.7 Å². The zero-order valence-electron chi connectivity index (χ0n) is 18.0. The quantitative estimate of drug-likeness (QED) is 0.452. The van der Waals surface area contributed by atoms with Crippen LogP contribution in [-0.4, -0.2) is 37.1 Å². The SMILES string of the molecule is CN(C)c1cc(N[C@H]2CC[C@@H](NC(=O)c3cc(F)c(Cl)cc3Cl)CC2)nc2ccccc12. The highest BCUT2D eigenvalue weighted by Crippen LogP contribution is 2.30. The van der Waals surface area contributed by atoms with Crippen molar-refractivity contribution in [3.63, 3.8) is 0 Å². The van der Waals surface area contributed by atoms with Gasteiger partial charge in [0.25, 0.3) is 5.91 Å². The zero-order valence-corrected chi connectivity index (χ0v) is 19.5. The second-order valence-corrected chi connectivity index (χ2v) is 9.17. The molecule has 0 radical (unpaired) electrons. The number of pyridine rings is 1. The van der Waals surface area contributed by atoms with Gasteiger partial charge in [-0.05, 0) is 43.9 Å². The topological polar surface area (TPSA) is 57.3 Å². The summed E-state index contributed by atoms with van der Waals surface area (Å²) in [6.45, 7) is 0. The molecule has 0 aliphatic heterocycles. The molecule has 3 aromatic rings. The molecular formula is C24H25Cl2FN4O. The maximum atomic E-state index is 13.7. The van der Waals surface area contributed by atoms with Gasteiger partial charge in [0, 0.05) is 43.3 Å². The highest BCUT2D eigenvalue weighted by Gasteiger charge is 2.24. The van der Waals surface area contributed by atoms with E-state index >= 15 is 0 Å². The summed E-state index contributed by atoms with van der Waals surface area (Å²) in [4.78, 5) is 19.4. The van der Waals surface area contributed by atoms with Gasteiger partial charge in [-0.2, -0.15) is 0 Å². The number of benzene rings is 2. The number of anilines is 2. The number of fused-ring (bicyclic) bond motifs is 1. The number of carbonyl (C=O) groups is 1. The molecule has 4 rings (SSSR count). The van der Waals surface area contributed by atoms with Gasteiger partial charge in [0.1, 0.15) is 11.6 Å². The van der Waals surface area contributed by atoms with Crippen molar-refractivity contribution in [3.8, 4) is 0 Å². The number of carbonyl (C=O) groups excluding carboxylic acids is 1. The lowest BCUT2D eigenvalue weighted by Gasteiger charge is -2.30. The molecule has 1 aromatic heterocycles. The third-order valence-corrected chi connectivity index (χ3v) is 6.45. The van der Waals surface area contributed by atoms with Crippen molar-refractivity contribution in [2.75, 3.05) is 24.3 Å². The molecule has 168 valence electrons. The molecule has 5 nitrogen and oxygen atoms in total. The van der Waals surface area contributed by atoms with Crippen molar-refractivity contribution >= 4 is 51.5 Å². The number of amides is 1. The monoisotopic (exact) mass is 474 g/mol. The van der Waals surface area contributed by atoms with E-state index in [0.29, 0.717) is 0 Å². The number of halogens is 3. The minimum Gasteiger partial charge on any atom is -0.377 e. The van der Waals surface area contributed by atoms with Crippen LogP contribution in [0.2, 0.25) is 10.0 Å². The van der Waals surface area contributed by atoms with E-state index in [9.17, 15) is 9.18 Å². The van der Waals surface area contributed by atoms with Crippen LogP contribution in [0.4, 0.5) is 15.9 Å². The van der Waals surface area contributed by atoms with E-state index in [4.69, 9.17) is 28.2 Å². The summed E-state index contributed by atoms with van der Waals surface area (Å²) in [6, 6.07) is 12.8. The lowest BCUT2D eigenvalue weighted by molar-refractivity contribution is 0.0926. The lowest BCUT2D eigenvalue weighted by atomic mass is 9.91. The second-order valence-electron chi connectivity index (χ2n) is 8.35. The fourth-order valence-corrected chi connectivity index (χ4v) is 4.62. The average molecular weight is 475 g/mol. The van der Waals surface area contributed by atoms with Gasteiger partial charge in [-0.15, -0.1) is 0 Å². The second kappa shape index (κ2) is 9.51. The summed E-state index contributed by atoms with van der Waals surface area (Å²) in [7, 11) is 4.05. The minimum absolute atomic E-state index is 0.0113. The Balaban J connectivity index is 1.38. The maximum Gasteiger partial charge on any atom is 0.253 e. The summed E-state index contributed by atoms with van der Waals surface area (Å²) in [5.41, 5.74) is 2.17. The van der Waals surface area contributed by atoms with Crippen molar-refractivity contribution in [2.24, 2.45) is 0 Å². The number of nitrogens with zero attached hydrogens (tertiary/aromatic N) is 2. The summed E-state index contributed by atoms with van der Waals surface area (Å²) in [6.07, 6.45) is 3.40. The Bertz CT molecular complexity index is 1150. The number of hydrogen-bond donors (Lipinski definition) is 2. The largest absolute Gasteiger partial charge is 0.377 e. The number of nitrogens with one attached hydrogen (secondary N) is 2. The molecule has 0 unspecified atom stereocenters. The molecule has 1 aliphatic carbocycles. The fourth-order valence-electron chi connectivity index (χ4n) is 4.15. The molecule has 1 fully saturated rings. The molecule has 2 aromatic carbocycles. The van der Waals surface area contributed by atoms with Gasteiger partial charge in [0.2, 0.25) is 0 Å². The van der Waals surface area contributed by atoms with E-state index in [1.54, 1.807) is 0 Å². The van der Waals surface area contributed by atoms with Crippen LogP contribution in [-0.2, 0) is 0 Å². The molecule has 1 aliphatic rings. The summed E-state index contributed by atoms with van der Waals surface area (Å²) in [5.74, 6) is -0.189. The Labute approximate surface area is 196 Å². The minimum atomic E-state index is -0.658. The van der Waals surface area contributed by atoms with Gasteiger partial charge < -0.3 is 15.5 Å². The van der Waals surface area contributed by atoms with Crippen molar-refractivity contribution in [1.82, 2.24) is 10.3 Å². The van der Waals surface area contributed by atoms with E-state index in [1.165, 1.54) is 6.07 Å². The molecule has 8 heteroatoms. The predicted octanol–water partition coefficient (Wildman–Crippen LogP) is 5.90. The first-order valence-electron chi connectivity index (χ1n) is 10.6. The molecule has 0 saturated heterocycles. The van der Waals surface area contributed by atoms with Gasteiger partial charge in [-0.1, -0.05) is 41.4 Å². The van der Waals surface area contributed by atoms with Gasteiger partial charge in [0.15, 0.2) is 0 Å². The van der Waals surface area contributed by atoms with Crippen LogP contribution in [0.15, 0.2) is 42.5 Å². The normalized spacial score (nSPS) is 18.4. The van der Waals surface area contributed by atoms with Crippen LogP contribution < -0.4 is 15.5 Å². The Morgan fingerprint density at radius 2 is 1.72 bits per heavy atom. The van der Waals surface area contributed by atoms with Gasteiger partial charge in [-0.25, -0.2) is 9.37 Å². The first kappa shape index (κ1) is 22.6. The van der Waals surface area contributed by atoms with Crippen LogP contribution in [0, 0.1) is 5.82 Å². The Kier molecular flexibility index (Phi) is 6.72. The molecule has 32 heavy (non-hydrogen) atoms. The highest BCUT2D eigenvalue weighted by molar-refractivity contribution is 6.36. The van der Waals surface area contributed by atoms with E-state index in [0.717, 1.165) is 54.2 Å². The molecular weight excluding hydrogens is 450 g/mol. The van der Waals surface area contributed by atoms with E-state index < -0.39 is 5.82 Å². The Morgan fingerprint density at radius 3 is 2.44 bits per heavy atom. The molecule has 1 heterocycles. The third-order valence-electron chi connectivity index (χ3n) is 5.85. The molecule has 1 amide bonds. The van der Waals surface area contributed by atoms with Gasteiger partial charge in [-0.3, -0.25) is 4.79 Å². The van der Waals surface area contributed by atoms with Crippen molar-refractivity contribution < 1.29 is 9.18 Å². The Hall–Kier alpha value is -2.57. The van der Waals surface area contributed by atoms with Crippen LogP contribution >= 0.6 is 23.2 Å². The first-order chi connectivity index (χ1) is 15.3. The predicted molar refractivity (Wildman–Crippen MR) is 130 cm³/mol. The number of para-hydroxylation sites is 1. The van der Waals surface area contributed by atoms with Gasteiger partial charge >= 0.3 is 0 Å². The molecule has 0 bridgehead atoms. The standard InChI is InChI=1S/C24H25Cl2FN4O/c1-31(2)22-13-23(30-21-6-4-3-5-16(21)22)28-14-7-9-15(10-8-14)29-24(32)17-11-20(27)19(26)12-18(17)25/h3-6,11-15H,7-10H2,1-2H3,(H,28,30)(H,29,32)/t14-,15+. The molecule has 1 saturated carbocycles. The fraction of sp³-hybridized carbons (Fsp3) is 0.333. The lowest BCUT2D eigenvalue weighted by Crippen LogP contribution is -2.40. The zero-order chi connectivity index (χ0) is 22.8. The highest BCUT2D eigenvalue weighted by atomic mass is 35.5. The molecule has 0 spiro atoms. The van der Waals surface area contributed by atoms with Crippen LogP contribution in [0.3, 0.4) is 0 Å². The molecule has 0 atom stereocenters. The van der Waals surface area contributed by atoms with Gasteiger partial charge in [0.05, 0.1) is 21.1 Å². The smallest absolute Gasteiger partial charge is 0.253 e. The van der Waals surface area contributed by atoms with Crippen LogP contribution in [0.25, 0.3) is 10.9 Å². The van der Waals surface area contributed by atoms with Crippen molar-refractivity contribution in [3.05, 3.63) is 63.9 Å². The van der Waals surface area contributed by atoms with Crippen molar-refractivity contribution in [1.29, 1.82) is 0 Å². The number of rotatable bonds is 5. The van der Waals surface area contributed by atoms with Crippen LogP contribution in [0.1, 0.15) is 36.0 Å². The number of aromatic nitrogens is 1. The van der Waals surface area contributed by atoms with Crippen molar-refractivity contribution in [2.45, 2.75) is 37.8 Å². The Morgan fingerprint density at radius 1 is 1.03 bits per heavy atom.